The van der Waals surface area contributed by atoms with Gasteiger partial charge in [0.15, 0.2) is 0 Å². The topological polar surface area (TPSA) is 29.5 Å². The fourth-order valence-corrected chi connectivity index (χ4v) is 1.24. The quantitative estimate of drug-likeness (QED) is 0.765. The lowest BCUT2D eigenvalue weighted by Crippen LogP contribution is -1.99. The van der Waals surface area contributed by atoms with Crippen LogP contribution in [0.1, 0.15) is 18.4 Å². The first kappa shape index (κ1) is 8.57. The first-order valence-corrected chi connectivity index (χ1v) is 4.74. The average molecular weight is 178 g/mol. The van der Waals surface area contributed by atoms with Crippen molar-refractivity contribution in [3.63, 3.8) is 0 Å². The molecule has 0 unspecified atom stereocenters. The van der Waals surface area contributed by atoms with Gasteiger partial charge in [-0.3, -0.25) is 0 Å². The highest BCUT2D eigenvalue weighted by Crippen LogP contribution is 2.23. The lowest BCUT2D eigenvalue weighted by atomic mass is 10.1. The van der Waals surface area contributed by atoms with Gasteiger partial charge in [-0.05, 0) is 37.0 Å². The number of phenolic OH excluding ortho intramolecular Hbond substituents is 1. The molecule has 0 aliphatic heterocycles. The minimum atomic E-state index is 0.326. The van der Waals surface area contributed by atoms with Crippen molar-refractivity contribution < 1.29 is 9.84 Å². The highest BCUT2D eigenvalue weighted by Gasteiger charge is 2.21. The third kappa shape index (κ3) is 2.74. The first-order chi connectivity index (χ1) is 6.34. The molecule has 0 radical (unpaired) electrons. The Hall–Kier alpha value is -1.02. The van der Waals surface area contributed by atoms with E-state index in [1.54, 1.807) is 12.1 Å². The van der Waals surface area contributed by atoms with Crippen LogP contribution >= 0.6 is 0 Å². The first-order valence-electron chi connectivity index (χ1n) is 4.74. The molecule has 1 aromatic carbocycles. The molecule has 0 bridgehead atoms. The third-order valence-electron chi connectivity index (χ3n) is 2.21. The number of hydrogen-bond donors (Lipinski definition) is 1. The zero-order chi connectivity index (χ0) is 9.10. The molecule has 0 aromatic heterocycles. The number of hydrogen-bond acceptors (Lipinski definition) is 2. The summed E-state index contributed by atoms with van der Waals surface area (Å²) in [6, 6.07) is 7.30. The third-order valence-corrected chi connectivity index (χ3v) is 2.21. The van der Waals surface area contributed by atoms with Crippen LogP contribution in [0.25, 0.3) is 0 Å². The number of ether oxygens (including phenoxy) is 1. The van der Waals surface area contributed by atoms with Gasteiger partial charge in [-0.1, -0.05) is 12.1 Å². The molecule has 0 heterocycles. The van der Waals surface area contributed by atoms with Gasteiger partial charge >= 0.3 is 0 Å². The van der Waals surface area contributed by atoms with E-state index in [1.165, 1.54) is 18.4 Å². The van der Waals surface area contributed by atoms with E-state index >= 15 is 0 Å². The molecule has 1 aromatic rings. The van der Waals surface area contributed by atoms with Crippen LogP contribution in [0.3, 0.4) is 0 Å². The normalized spacial score (nSPS) is 16.0. The largest absolute Gasteiger partial charge is 0.508 e. The number of phenols is 1. The SMILES string of the molecule is Oc1ccc(CCOC2CC2)cc1. The number of benzene rings is 1. The number of rotatable bonds is 4. The number of aromatic hydroxyl groups is 1. The van der Waals surface area contributed by atoms with E-state index in [9.17, 15) is 0 Å². The van der Waals surface area contributed by atoms with Gasteiger partial charge < -0.3 is 9.84 Å². The monoisotopic (exact) mass is 178 g/mol. The van der Waals surface area contributed by atoms with Crippen molar-refractivity contribution in [3.8, 4) is 5.75 Å². The molecule has 0 amide bonds. The summed E-state index contributed by atoms with van der Waals surface area (Å²) < 4.78 is 5.52. The lowest BCUT2D eigenvalue weighted by molar-refractivity contribution is 0.122. The minimum Gasteiger partial charge on any atom is -0.508 e. The molecule has 2 nitrogen and oxygen atoms in total. The van der Waals surface area contributed by atoms with E-state index < -0.39 is 0 Å². The average Bonchev–Trinajstić information content (AvgIpc) is 2.92. The summed E-state index contributed by atoms with van der Waals surface area (Å²) in [5.74, 6) is 0.326. The van der Waals surface area contributed by atoms with Crippen LogP contribution in [0.15, 0.2) is 24.3 Å². The smallest absolute Gasteiger partial charge is 0.115 e. The summed E-state index contributed by atoms with van der Waals surface area (Å²) >= 11 is 0. The Morgan fingerprint density at radius 1 is 1.23 bits per heavy atom. The zero-order valence-corrected chi connectivity index (χ0v) is 7.57. The molecule has 2 heteroatoms. The molecule has 0 saturated heterocycles. The van der Waals surface area contributed by atoms with Crippen molar-refractivity contribution in [1.82, 2.24) is 0 Å². The predicted molar refractivity (Wildman–Crippen MR) is 50.8 cm³/mol. The summed E-state index contributed by atoms with van der Waals surface area (Å²) in [5.41, 5.74) is 1.22. The van der Waals surface area contributed by atoms with Crippen LogP contribution in [0, 0.1) is 0 Å². The van der Waals surface area contributed by atoms with Crippen molar-refractivity contribution in [3.05, 3.63) is 29.8 Å². The molecular weight excluding hydrogens is 164 g/mol. The molecular formula is C11H14O2. The standard InChI is InChI=1S/C11H14O2/c12-10-3-1-9(2-4-10)7-8-13-11-5-6-11/h1-4,11-12H,5-8H2. The summed E-state index contributed by atoms with van der Waals surface area (Å²) in [5, 5.41) is 9.05. The summed E-state index contributed by atoms with van der Waals surface area (Å²) in [6.45, 7) is 0.801. The van der Waals surface area contributed by atoms with Crippen molar-refractivity contribution >= 4 is 0 Å². The van der Waals surface area contributed by atoms with Gasteiger partial charge in [-0.2, -0.15) is 0 Å². The van der Waals surface area contributed by atoms with Crippen molar-refractivity contribution in [2.75, 3.05) is 6.61 Å². The maximum atomic E-state index is 9.05. The Bertz CT molecular complexity index is 262. The van der Waals surface area contributed by atoms with Crippen LogP contribution < -0.4 is 0 Å². The van der Waals surface area contributed by atoms with Gasteiger partial charge in [0.05, 0.1) is 12.7 Å². The van der Waals surface area contributed by atoms with E-state index in [0.717, 1.165) is 13.0 Å². The van der Waals surface area contributed by atoms with Crippen LogP contribution in [0.2, 0.25) is 0 Å². The molecule has 1 saturated carbocycles. The van der Waals surface area contributed by atoms with E-state index in [-0.39, 0.29) is 0 Å². The Kier molecular flexibility index (Phi) is 2.50. The van der Waals surface area contributed by atoms with Gasteiger partial charge in [-0.15, -0.1) is 0 Å². The molecule has 0 spiro atoms. The second-order valence-electron chi connectivity index (χ2n) is 3.49. The molecule has 1 N–H and O–H groups in total. The molecule has 1 fully saturated rings. The molecule has 0 atom stereocenters. The maximum Gasteiger partial charge on any atom is 0.115 e. The minimum absolute atomic E-state index is 0.326. The highest BCUT2D eigenvalue weighted by molar-refractivity contribution is 5.25. The Morgan fingerprint density at radius 2 is 1.92 bits per heavy atom. The van der Waals surface area contributed by atoms with E-state index in [4.69, 9.17) is 9.84 Å². The van der Waals surface area contributed by atoms with Gasteiger partial charge in [0.1, 0.15) is 5.75 Å². The summed E-state index contributed by atoms with van der Waals surface area (Å²) in [6.07, 6.45) is 3.94. The van der Waals surface area contributed by atoms with E-state index in [0.29, 0.717) is 11.9 Å². The van der Waals surface area contributed by atoms with E-state index in [2.05, 4.69) is 0 Å². The van der Waals surface area contributed by atoms with Crippen LogP contribution in [0.5, 0.6) is 5.75 Å². The van der Waals surface area contributed by atoms with Gasteiger partial charge in [0, 0.05) is 0 Å². The van der Waals surface area contributed by atoms with Crippen molar-refractivity contribution in [2.45, 2.75) is 25.4 Å². The molecule has 2 rings (SSSR count). The zero-order valence-electron chi connectivity index (χ0n) is 7.57. The fourth-order valence-electron chi connectivity index (χ4n) is 1.24. The fraction of sp³-hybridized carbons (Fsp3) is 0.455. The second-order valence-corrected chi connectivity index (χ2v) is 3.49. The second kappa shape index (κ2) is 3.79. The van der Waals surface area contributed by atoms with E-state index in [1.807, 2.05) is 12.1 Å². The van der Waals surface area contributed by atoms with Gasteiger partial charge in [0.2, 0.25) is 0 Å². The Balaban J connectivity index is 1.76. The molecule has 1 aliphatic rings. The molecule has 1 aliphatic carbocycles. The van der Waals surface area contributed by atoms with Crippen molar-refractivity contribution in [1.29, 1.82) is 0 Å². The van der Waals surface area contributed by atoms with Gasteiger partial charge in [0.25, 0.3) is 0 Å². The lowest BCUT2D eigenvalue weighted by Gasteiger charge is -2.02. The molecule has 13 heavy (non-hydrogen) atoms. The van der Waals surface area contributed by atoms with Crippen LogP contribution in [-0.4, -0.2) is 17.8 Å². The van der Waals surface area contributed by atoms with Crippen molar-refractivity contribution in [2.24, 2.45) is 0 Å². The summed E-state index contributed by atoms with van der Waals surface area (Å²) in [7, 11) is 0. The highest BCUT2D eigenvalue weighted by atomic mass is 16.5. The summed E-state index contributed by atoms with van der Waals surface area (Å²) in [4.78, 5) is 0. The van der Waals surface area contributed by atoms with Gasteiger partial charge in [-0.25, -0.2) is 0 Å². The van der Waals surface area contributed by atoms with Crippen LogP contribution in [0.4, 0.5) is 0 Å². The Morgan fingerprint density at radius 3 is 2.54 bits per heavy atom. The predicted octanol–water partition coefficient (Wildman–Crippen LogP) is 2.11. The Labute approximate surface area is 78.2 Å². The van der Waals surface area contributed by atoms with Crippen LogP contribution in [-0.2, 0) is 11.2 Å². The molecule has 70 valence electrons. The maximum absolute atomic E-state index is 9.05.